The van der Waals surface area contributed by atoms with Crippen molar-refractivity contribution in [3.05, 3.63) is 70.8 Å². The second-order valence-corrected chi connectivity index (χ2v) is 6.96. The molecule has 0 saturated carbocycles. The van der Waals surface area contributed by atoms with E-state index in [0.717, 1.165) is 14.0 Å². The predicted molar refractivity (Wildman–Crippen MR) is 115 cm³/mol. The number of nitrogens with two attached hydrogens (primary N) is 1. The first-order chi connectivity index (χ1) is 15.6. The Labute approximate surface area is 188 Å². The van der Waals surface area contributed by atoms with Gasteiger partial charge in [0.25, 0.3) is 12.3 Å². The number of hydrogen-bond acceptors (Lipinski definition) is 4. The number of ether oxygens (including phenoxy) is 1. The lowest BCUT2D eigenvalue weighted by molar-refractivity contribution is -0.148. The van der Waals surface area contributed by atoms with Crippen molar-refractivity contribution < 1.29 is 33.0 Å². The molecular weight excluding hydrogens is 434 g/mol. The van der Waals surface area contributed by atoms with Crippen LogP contribution in [0, 0.1) is 23.7 Å². The summed E-state index contributed by atoms with van der Waals surface area (Å²) in [5.41, 5.74) is 4.28. The molecule has 2 rings (SSSR count). The molecule has 0 radical (unpaired) electrons. The van der Waals surface area contributed by atoms with Crippen molar-refractivity contribution in [2.45, 2.75) is 25.0 Å². The lowest BCUT2D eigenvalue weighted by Crippen LogP contribution is -2.61. The van der Waals surface area contributed by atoms with Crippen LogP contribution >= 0.6 is 0 Å². The van der Waals surface area contributed by atoms with Gasteiger partial charge in [0.15, 0.2) is 5.60 Å². The molecule has 9 heteroatoms. The van der Waals surface area contributed by atoms with Crippen LogP contribution in [0.4, 0.5) is 8.78 Å². The van der Waals surface area contributed by atoms with Gasteiger partial charge in [-0.1, -0.05) is 11.8 Å². The van der Waals surface area contributed by atoms with Crippen LogP contribution in [-0.2, 0) is 9.53 Å². The largest absolute Gasteiger partial charge is 0.478 e. The summed E-state index contributed by atoms with van der Waals surface area (Å²) in [5, 5.41) is 11.1. The van der Waals surface area contributed by atoms with E-state index < -0.39 is 35.9 Å². The zero-order valence-electron chi connectivity index (χ0n) is 17.7. The Balaban J connectivity index is 2.09. The molecule has 0 bridgehead atoms. The minimum absolute atomic E-state index is 0.101. The quantitative estimate of drug-likeness (QED) is 0.554. The molecule has 2 atom stereocenters. The van der Waals surface area contributed by atoms with Crippen LogP contribution in [0.25, 0.3) is 0 Å². The molecule has 1 unspecified atom stereocenters. The Bertz CT molecular complexity index is 1160. The van der Waals surface area contributed by atoms with E-state index in [0.29, 0.717) is 11.1 Å². The van der Waals surface area contributed by atoms with Crippen LogP contribution in [0.2, 0.25) is 0 Å². The zero-order valence-corrected chi connectivity index (χ0v) is 17.7. The summed E-state index contributed by atoms with van der Waals surface area (Å²) >= 11 is 0. The van der Waals surface area contributed by atoms with E-state index in [1.807, 2.05) is 0 Å². The molecule has 0 aromatic heterocycles. The topological polar surface area (TPSA) is 119 Å². The smallest absolute Gasteiger partial charge is 0.335 e. The summed E-state index contributed by atoms with van der Waals surface area (Å²) in [5.74, 6) is 7.84. The number of alkyl halides is 2. The third kappa shape index (κ3) is 6.39. The fourth-order valence-electron chi connectivity index (χ4n) is 2.65. The number of aromatic carboxylic acids is 1. The molecule has 7 nitrogen and oxygen atoms in total. The normalized spacial score (nSPS) is 12.9. The molecule has 2 amide bonds. The number of nitrogens with one attached hydrogen (secondary N) is 1. The number of carbonyl (C=O) groups is 3. The van der Waals surface area contributed by atoms with Crippen molar-refractivity contribution in [2.75, 3.05) is 7.11 Å². The molecule has 33 heavy (non-hydrogen) atoms. The third-order valence-corrected chi connectivity index (χ3v) is 4.76. The minimum atomic E-state index is -3.07. The molecule has 0 heterocycles. The monoisotopic (exact) mass is 454 g/mol. The van der Waals surface area contributed by atoms with E-state index in [-0.39, 0.29) is 11.1 Å². The van der Waals surface area contributed by atoms with Gasteiger partial charge in [0.2, 0.25) is 5.91 Å². The summed E-state index contributed by atoms with van der Waals surface area (Å²) in [6, 6.07) is 10.1. The molecule has 170 valence electrons. The maximum Gasteiger partial charge on any atom is 0.335 e. The number of primary amides is 1. The van der Waals surface area contributed by atoms with Crippen LogP contribution in [0.1, 0.15) is 38.8 Å². The van der Waals surface area contributed by atoms with Gasteiger partial charge in [-0.05, 0) is 67.3 Å². The third-order valence-electron chi connectivity index (χ3n) is 4.76. The number of rotatable bonds is 7. The fourth-order valence-corrected chi connectivity index (χ4v) is 2.65. The number of carbonyl (C=O) groups excluding carboxylic acids is 2. The van der Waals surface area contributed by atoms with Crippen molar-refractivity contribution in [3.8, 4) is 23.7 Å². The molecule has 0 aliphatic heterocycles. The predicted octanol–water partition coefficient (Wildman–Crippen LogP) is 2.04. The summed E-state index contributed by atoms with van der Waals surface area (Å²) in [6.45, 7) is 0.980. The highest BCUT2D eigenvalue weighted by molar-refractivity contribution is 5.97. The van der Waals surface area contributed by atoms with Crippen molar-refractivity contribution in [1.82, 2.24) is 5.32 Å². The summed E-state index contributed by atoms with van der Waals surface area (Å²) in [7, 11) is 0.996. The number of carboxylic acid groups (broad SMARTS) is 1. The van der Waals surface area contributed by atoms with Gasteiger partial charge in [-0.2, -0.15) is 0 Å². The molecule has 0 fully saturated rings. The van der Waals surface area contributed by atoms with Crippen molar-refractivity contribution in [3.63, 3.8) is 0 Å². The average molecular weight is 454 g/mol. The minimum Gasteiger partial charge on any atom is -0.478 e. The number of carboxylic acids is 1. The lowest BCUT2D eigenvalue weighted by Gasteiger charge is -2.34. The van der Waals surface area contributed by atoms with Gasteiger partial charge < -0.3 is 20.9 Å². The highest BCUT2D eigenvalue weighted by atomic mass is 19.3. The van der Waals surface area contributed by atoms with Crippen LogP contribution in [0.3, 0.4) is 0 Å². The SMILES string of the molecule is COC(C)(C(F)F)[C@H](NC(=O)c1ccc(C#CC#Cc2ccc(C(=O)O)cc2)cc1)C(N)=O. The number of benzene rings is 2. The zero-order chi connectivity index (χ0) is 24.6. The van der Waals surface area contributed by atoms with Gasteiger partial charge in [-0.15, -0.1) is 0 Å². The molecular formula is C24H20F2N2O5. The van der Waals surface area contributed by atoms with E-state index in [1.165, 1.54) is 36.4 Å². The first kappa shape index (κ1) is 25.1. The van der Waals surface area contributed by atoms with Gasteiger partial charge in [0.1, 0.15) is 6.04 Å². The maximum absolute atomic E-state index is 13.4. The first-order valence-corrected chi connectivity index (χ1v) is 9.47. The van der Waals surface area contributed by atoms with Crippen LogP contribution in [-0.4, -0.2) is 48.1 Å². The van der Waals surface area contributed by atoms with Crippen LogP contribution in [0.15, 0.2) is 48.5 Å². The van der Waals surface area contributed by atoms with Gasteiger partial charge >= 0.3 is 5.97 Å². The number of hydrogen-bond donors (Lipinski definition) is 3. The number of halogens is 2. The van der Waals surface area contributed by atoms with Gasteiger partial charge in [-0.25, -0.2) is 13.6 Å². The van der Waals surface area contributed by atoms with Gasteiger partial charge in [0.05, 0.1) is 5.56 Å². The number of amides is 2. The fraction of sp³-hybridized carbons (Fsp3) is 0.208. The number of methoxy groups -OCH3 is 1. The molecule has 2 aromatic rings. The maximum atomic E-state index is 13.4. The van der Waals surface area contributed by atoms with E-state index >= 15 is 0 Å². The average Bonchev–Trinajstić information content (AvgIpc) is 2.80. The molecule has 0 aliphatic rings. The van der Waals surface area contributed by atoms with Crippen LogP contribution < -0.4 is 11.1 Å². The molecule has 0 aliphatic carbocycles. The second-order valence-electron chi connectivity index (χ2n) is 6.96. The van der Waals surface area contributed by atoms with Gasteiger partial charge in [0, 0.05) is 23.8 Å². The molecule has 4 N–H and O–H groups in total. The molecule has 0 saturated heterocycles. The highest BCUT2D eigenvalue weighted by Gasteiger charge is 2.47. The Morgan fingerprint density at radius 2 is 1.42 bits per heavy atom. The van der Waals surface area contributed by atoms with E-state index in [2.05, 4.69) is 29.0 Å². The summed E-state index contributed by atoms with van der Waals surface area (Å²) in [4.78, 5) is 34.9. The molecule has 2 aromatic carbocycles. The first-order valence-electron chi connectivity index (χ1n) is 9.47. The Morgan fingerprint density at radius 3 is 1.79 bits per heavy atom. The van der Waals surface area contributed by atoms with E-state index in [9.17, 15) is 23.2 Å². The van der Waals surface area contributed by atoms with Crippen molar-refractivity contribution >= 4 is 17.8 Å². The Kier molecular flexibility index (Phi) is 8.27. The molecule has 0 spiro atoms. The van der Waals surface area contributed by atoms with Crippen LogP contribution in [0.5, 0.6) is 0 Å². The van der Waals surface area contributed by atoms with E-state index in [4.69, 9.17) is 15.6 Å². The highest BCUT2D eigenvalue weighted by Crippen LogP contribution is 2.24. The Hall–Kier alpha value is -4.21. The summed E-state index contributed by atoms with van der Waals surface area (Å²) in [6.07, 6.45) is -3.07. The van der Waals surface area contributed by atoms with Crippen molar-refractivity contribution in [1.29, 1.82) is 0 Å². The van der Waals surface area contributed by atoms with Crippen molar-refractivity contribution in [2.24, 2.45) is 5.73 Å². The second kappa shape index (κ2) is 10.9. The van der Waals surface area contributed by atoms with E-state index in [1.54, 1.807) is 12.1 Å². The Morgan fingerprint density at radius 1 is 0.970 bits per heavy atom. The van der Waals surface area contributed by atoms with Gasteiger partial charge in [-0.3, -0.25) is 9.59 Å². The lowest BCUT2D eigenvalue weighted by atomic mass is 9.95. The summed E-state index contributed by atoms with van der Waals surface area (Å²) < 4.78 is 31.5. The standard InChI is InChI=1S/C24H20F2N2O5/c1-24(33-2,23(25)26)19(20(27)29)28-21(30)17-11-7-15(8-12-17)5-3-4-6-16-9-13-18(14-10-16)22(31)32/h7-14,19,23H,1-2H3,(H2,27,29)(H,28,30)(H,31,32)/t19-,24?/m1/s1.